The summed E-state index contributed by atoms with van der Waals surface area (Å²) in [5.74, 6) is 0.300. The number of nitrogens with one attached hydrogen (secondary N) is 1. The largest absolute Gasteiger partial charge is 0.493 e. The minimum Gasteiger partial charge on any atom is -0.493 e. The molecule has 0 aliphatic rings. The van der Waals surface area contributed by atoms with Gasteiger partial charge in [-0.15, -0.1) is 0 Å². The molecular formula is C17H18N4O3. The zero-order chi connectivity index (χ0) is 17.4. The Labute approximate surface area is 139 Å². The zero-order valence-corrected chi connectivity index (χ0v) is 13.5. The summed E-state index contributed by atoms with van der Waals surface area (Å²) in [6.07, 6.45) is 0. The summed E-state index contributed by atoms with van der Waals surface area (Å²) in [4.78, 5) is 15.3. The van der Waals surface area contributed by atoms with Gasteiger partial charge in [0.15, 0.2) is 0 Å². The minimum atomic E-state index is -0.310. The highest BCUT2D eigenvalue weighted by molar-refractivity contribution is 6.05. The molecule has 0 unspecified atom stereocenters. The second kappa shape index (κ2) is 8.45. The van der Waals surface area contributed by atoms with Gasteiger partial charge < -0.3 is 14.8 Å². The van der Waals surface area contributed by atoms with Gasteiger partial charge in [0.25, 0.3) is 5.91 Å². The van der Waals surface area contributed by atoms with Gasteiger partial charge in [0, 0.05) is 16.2 Å². The van der Waals surface area contributed by atoms with E-state index in [1.807, 2.05) is 18.2 Å². The molecule has 0 aromatic heterocycles. The fraction of sp³-hybridized carbons (Fsp3) is 0.235. The fourth-order valence-corrected chi connectivity index (χ4v) is 2.11. The van der Waals surface area contributed by atoms with Crippen molar-refractivity contribution in [2.75, 3.05) is 18.5 Å². The molecule has 0 heterocycles. The molecule has 0 atom stereocenters. The molecule has 2 aromatic rings. The molecule has 0 aliphatic carbocycles. The molecule has 0 fully saturated rings. The lowest BCUT2D eigenvalue weighted by atomic mass is 10.1. The summed E-state index contributed by atoms with van der Waals surface area (Å²) in [7, 11) is 0. The van der Waals surface area contributed by atoms with Gasteiger partial charge in [-0.1, -0.05) is 23.3 Å². The maximum atomic E-state index is 12.5. The van der Waals surface area contributed by atoms with E-state index in [9.17, 15) is 4.79 Å². The summed E-state index contributed by atoms with van der Waals surface area (Å²) < 4.78 is 11.0. The number of carbonyl (C=O) groups excluding carboxylic acids is 1. The number of para-hydroxylation sites is 1. The van der Waals surface area contributed by atoms with Crippen molar-refractivity contribution in [3.05, 3.63) is 58.5 Å². The molecule has 124 valence electrons. The highest BCUT2D eigenvalue weighted by Gasteiger charge is 2.16. The van der Waals surface area contributed by atoms with E-state index >= 15 is 0 Å². The smallest absolute Gasteiger partial charge is 0.255 e. The van der Waals surface area contributed by atoms with Crippen molar-refractivity contribution in [3.8, 4) is 11.5 Å². The molecule has 0 aliphatic heterocycles. The van der Waals surface area contributed by atoms with Gasteiger partial charge in [0.1, 0.15) is 17.2 Å². The van der Waals surface area contributed by atoms with Gasteiger partial charge in [-0.2, -0.15) is 0 Å². The van der Waals surface area contributed by atoms with Crippen LogP contribution in [0.25, 0.3) is 10.4 Å². The third-order valence-electron chi connectivity index (χ3n) is 3.08. The van der Waals surface area contributed by atoms with E-state index in [2.05, 4.69) is 15.3 Å². The second-order valence-electron chi connectivity index (χ2n) is 4.70. The Balaban J connectivity index is 2.41. The van der Waals surface area contributed by atoms with Gasteiger partial charge in [0.05, 0.1) is 13.2 Å². The van der Waals surface area contributed by atoms with Gasteiger partial charge in [0.2, 0.25) is 0 Å². The first kappa shape index (κ1) is 17.2. The Morgan fingerprint density at radius 2 is 1.71 bits per heavy atom. The van der Waals surface area contributed by atoms with Crippen molar-refractivity contribution >= 4 is 17.3 Å². The number of benzene rings is 2. The van der Waals surface area contributed by atoms with Crippen LogP contribution in [-0.4, -0.2) is 19.1 Å². The van der Waals surface area contributed by atoms with E-state index in [0.29, 0.717) is 36.0 Å². The fourth-order valence-electron chi connectivity index (χ4n) is 2.11. The highest BCUT2D eigenvalue weighted by Crippen LogP contribution is 2.39. The van der Waals surface area contributed by atoms with Crippen molar-refractivity contribution in [3.63, 3.8) is 0 Å². The molecule has 7 heteroatoms. The molecule has 7 nitrogen and oxygen atoms in total. The monoisotopic (exact) mass is 326 g/mol. The Morgan fingerprint density at radius 1 is 1.12 bits per heavy atom. The van der Waals surface area contributed by atoms with Crippen LogP contribution >= 0.6 is 0 Å². The van der Waals surface area contributed by atoms with Crippen LogP contribution in [0.5, 0.6) is 11.5 Å². The van der Waals surface area contributed by atoms with E-state index < -0.39 is 0 Å². The average molecular weight is 326 g/mol. The molecule has 0 bridgehead atoms. The second-order valence-corrected chi connectivity index (χ2v) is 4.70. The van der Waals surface area contributed by atoms with Crippen LogP contribution in [0, 0.1) is 0 Å². The first-order valence-corrected chi connectivity index (χ1v) is 7.54. The summed E-state index contributed by atoms with van der Waals surface area (Å²) in [6, 6.07) is 12.2. The molecule has 2 rings (SSSR count). The predicted molar refractivity (Wildman–Crippen MR) is 92.0 cm³/mol. The normalized spacial score (nSPS) is 9.75. The Hall–Kier alpha value is -3.18. The molecule has 0 saturated carbocycles. The number of ether oxygens (including phenoxy) is 2. The van der Waals surface area contributed by atoms with Crippen molar-refractivity contribution < 1.29 is 14.3 Å². The number of rotatable bonds is 7. The van der Waals surface area contributed by atoms with Crippen molar-refractivity contribution in [2.45, 2.75) is 13.8 Å². The van der Waals surface area contributed by atoms with Crippen LogP contribution in [0.2, 0.25) is 0 Å². The van der Waals surface area contributed by atoms with E-state index in [0.717, 1.165) is 0 Å². The summed E-state index contributed by atoms with van der Waals surface area (Å²) in [5, 5.41) is 6.42. The molecule has 2 aromatic carbocycles. The van der Waals surface area contributed by atoms with Crippen LogP contribution in [0.4, 0.5) is 11.4 Å². The first-order chi connectivity index (χ1) is 11.7. The average Bonchev–Trinajstić information content (AvgIpc) is 2.58. The third kappa shape index (κ3) is 4.18. The van der Waals surface area contributed by atoms with Crippen LogP contribution in [-0.2, 0) is 0 Å². The summed E-state index contributed by atoms with van der Waals surface area (Å²) in [5.41, 5.74) is 10.0. The van der Waals surface area contributed by atoms with Gasteiger partial charge in [-0.3, -0.25) is 4.79 Å². The summed E-state index contributed by atoms with van der Waals surface area (Å²) in [6.45, 7) is 4.33. The SMILES string of the molecule is CCOc1cc(C(=O)Nc2ccccc2)cc(OCC)c1N=[N+]=[N-]. The lowest BCUT2D eigenvalue weighted by molar-refractivity contribution is 0.102. The molecular weight excluding hydrogens is 308 g/mol. The lowest BCUT2D eigenvalue weighted by Gasteiger charge is -2.14. The first-order valence-electron chi connectivity index (χ1n) is 7.54. The quantitative estimate of drug-likeness (QED) is 0.454. The topological polar surface area (TPSA) is 96.3 Å². The third-order valence-corrected chi connectivity index (χ3v) is 3.08. The van der Waals surface area contributed by atoms with Crippen molar-refractivity contribution in [2.24, 2.45) is 5.11 Å². The Kier molecular flexibility index (Phi) is 6.05. The van der Waals surface area contributed by atoms with Crippen molar-refractivity contribution in [1.29, 1.82) is 0 Å². The van der Waals surface area contributed by atoms with Crippen molar-refractivity contribution in [1.82, 2.24) is 0 Å². The molecule has 1 N–H and O–H groups in total. The Morgan fingerprint density at radius 3 is 2.21 bits per heavy atom. The van der Waals surface area contributed by atoms with E-state index in [1.54, 1.807) is 26.0 Å². The predicted octanol–water partition coefficient (Wildman–Crippen LogP) is 4.68. The lowest BCUT2D eigenvalue weighted by Crippen LogP contribution is -2.12. The van der Waals surface area contributed by atoms with Crippen LogP contribution in [0.1, 0.15) is 24.2 Å². The summed E-state index contributed by atoms with van der Waals surface area (Å²) >= 11 is 0. The number of azide groups is 1. The maximum Gasteiger partial charge on any atom is 0.255 e. The van der Waals surface area contributed by atoms with Gasteiger partial charge >= 0.3 is 0 Å². The van der Waals surface area contributed by atoms with Gasteiger partial charge in [-0.05, 0) is 43.6 Å². The van der Waals surface area contributed by atoms with Crippen LogP contribution < -0.4 is 14.8 Å². The number of nitrogens with zero attached hydrogens (tertiary/aromatic N) is 3. The minimum absolute atomic E-state index is 0.234. The number of anilines is 1. The molecule has 0 spiro atoms. The highest BCUT2D eigenvalue weighted by atomic mass is 16.5. The van der Waals surface area contributed by atoms with Crippen LogP contribution in [0.15, 0.2) is 47.6 Å². The molecule has 24 heavy (non-hydrogen) atoms. The number of hydrogen-bond acceptors (Lipinski definition) is 4. The number of carbonyl (C=O) groups is 1. The molecule has 1 amide bonds. The maximum absolute atomic E-state index is 12.5. The number of hydrogen-bond donors (Lipinski definition) is 1. The molecule has 0 saturated heterocycles. The van der Waals surface area contributed by atoms with Gasteiger partial charge in [-0.25, -0.2) is 0 Å². The van der Waals surface area contributed by atoms with E-state index in [4.69, 9.17) is 15.0 Å². The number of amides is 1. The van der Waals surface area contributed by atoms with E-state index in [-0.39, 0.29) is 11.6 Å². The molecule has 0 radical (unpaired) electrons. The standard InChI is InChI=1S/C17H18N4O3/c1-3-23-14-10-12(11-15(24-4-2)16(14)20-21-18)17(22)19-13-8-6-5-7-9-13/h5-11H,3-4H2,1-2H3,(H,19,22). The van der Waals surface area contributed by atoms with Crippen LogP contribution in [0.3, 0.4) is 0 Å². The van der Waals surface area contributed by atoms with E-state index in [1.165, 1.54) is 12.1 Å². The zero-order valence-electron chi connectivity index (χ0n) is 13.5. The Bertz CT molecular complexity index is 729.